The van der Waals surface area contributed by atoms with E-state index in [4.69, 9.17) is 4.74 Å². The molecule has 0 radical (unpaired) electrons. The van der Waals surface area contributed by atoms with Crippen molar-refractivity contribution in [3.8, 4) is 10.6 Å². The fraction of sp³-hybridized carbons (Fsp3) is 0.375. The highest BCUT2D eigenvalue weighted by Crippen LogP contribution is 2.23. The minimum Gasteiger partial charge on any atom is -0.376 e. The smallest absolute Gasteiger partial charge is 0.293 e. The second-order valence-electron chi connectivity index (χ2n) is 5.87. The van der Waals surface area contributed by atoms with Crippen LogP contribution in [0.4, 0.5) is 0 Å². The lowest BCUT2D eigenvalue weighted by molar-refractivity contribution is -0.122. The van der Waals surface area contributed by atoms with E-state index in [1.807, 2.05) is 17.5 Å². The summed E-state index contributed by atoms with van der Waals surface area (Å²) in [5.41, 5.74) is 0.768. The van der Waals surface area contributed by atoms with Gasteiger partial charge in [0.15, 0.2) is 0 Å². The average Bonchev–Trinajstić information content (AvgIpc) is 3.36. The third kappa shape index (κ3) is 3.33. The lowest BCUT2D eigenvalue weighted by atomic mass is 10.2. The summed E-state index contributed by atoms with van der Waals surface area (Å²) in [6.45, 7) is 1.08. The number of thiophene rings is 1. The van der Waals surface area contributed by atoms with E-state index in [1.54, 1.807) is 17.4 Å². The van der Waals surface area contributed by atoms with Crippen LogP contribution < -0.4 is 10.9 Å². The lowest BCUT2D eigenvalue weighted by Gasteiger charge is -2.11. The van der Waals surface area contributed by atoms with Gasteiger partial charge in [0.2, 0.25) is 5.91 Å². The quantitative estimate of drug-likeness (QED) is 0.731. The van der Waals surface area contributed by atoms with E-state index < -0.39 is 0 Å². The molecule has 1 N–H and O–H groups in total. The van der Waals surface area contributed by atoms with Crippen molar-refractivity contribution < 1.29 is 9.53 Å². The first kappa shape index (κ1) is 16.0. The predicted octanol–water partition coefficient (Wildman–Crippen LogP) is 0.915. The zero-order chi connectivity index (χ0) is 17.2. The van der Waals surface area contributed by atoms with E-state index in [2.05, 4.69) is 15.5 Å². The summed E-state index contributed by atoms with van der Waals surface area (Å²) in [7, 11) is 0. The van der Waals surface area contributed by atoms with Crippen LogP contribution in [-0.4, -0.2) is 44.6 Å². The van der Waals surface area contributed by atoms with Gasteiger partial charge in [0, 0.05) is 13.2 Å². The van der Waals surface area contributed by atoms with E-state index in [-0.39, 0.29) is 24.1 Å². The molecule has 1 amide bonds. The normalized spacial score (nSPS) is 17.2. The summed E-state index contributed by atoms with van der Waals surface area (Å²) < 4.78 is 8.06. The number of aromatic nitrogens is 4. The van der Waals surface area contributed by atoms with Crippen molar-refractivity contribution in [1.82, 2.24) is 24.7 Å². The number of ether oxygens (including phenoxy) is 1. The number of carbonyl (C=O) groups is 1. The highest BCUT2D eigenvalue weighted by molar-refractivity contribution is 7.13. The molecule has 1 aliphatic heterocycles. The number of nitrogens with one attached hydrogen (secondary N) is 1. The molecule has 4 rings (SSSR count). The number of hydrogen-bond acceptors (Lipinski definition) is 6. The Hall–Kier alpha value is -2.52. The average molecular weight is 359 g/mol. The minimum absolute atomic E-state index is 0.0688. The molecule has 4 heterocycles. The van der Waals surface area contributed by atoms with Gasteiger partial charge in [-0.25, -0.2) is 9.20 Å². The van der Waals surface area contributed by atoms with E-state index in [0.717, 1.165) is 34.7 Å². The van der Waals surface area contributed by atoms with E-state index in [1.165, 1.54) is 10.8 Å². The molecule has 0 spiro atoms. The summed E-state index contributed by atoms with van der Waals surface area (Å²) in [4.78, 5) is 25.6. The molecule has 0 saturated carbocycles. The van der Waals surface area contributed by atoms with Gasteiger partial charge in [-0.2, -0.15) is 10.2 Å². The molecule has 1 fully saturated rings. The number of carbonyl (C=O) groups excluding carboxylic acids is 1. The molecule has 0 aromatic carbocycles. The second-order valence-corrected chi connectivity index (χ2v) is 6.82. The van der Waals surface area contributed by atoms with Gasteiger partial charge in [0.1, 0.15) is 24.1 Å². The Kier molecular flexibility index (Phi) is 4.33. The molecule has 8 nitrogen and oxygen atoms in total. The summed E-state index contributed by atoms with van der Waals surface area (Å²) in [6, 6.07) is 5.59. The maximum Gasteiger partial charge on any atom is 0.293 e. The molecule has 130 valence electrons. The van der Waals surface area contributed by atoms with Crippen LogP contribution in [0.3, 0.4) is 0 Å². The van der Waals surface area contributed by atoms with Crippen LogP contribution in [0, 0.1) is 0 Å². The molecule has 1 saturated heterocycles. The Bertz CT molecular complexity index is 940. The van der Waals surface area contributed by atoms with Crippen molar-refractivity contribution in [2.45, 2.75) is 25.5 Å². The Morgan fingerprint density at radius 2 is 2.40 bits per heavy atom. The zero-order valence-corrected chi connectivity index (χ0v) is 14.2. The van der Waals surface area contributed by atoms with Gasteiger partial charge in [0.05, 0.1) is 11.0 Å². The topological polar surface area (TPSA) is 90.5 Å². The lowest BCUT2D eigenvalue weighted by Crippen LogP contribution is -2.37. The van der Waals surface area contributed by atoms with Crippen LogP contribution in [0.2, 0.25) is 0 Å². The molecule has 3 aromatic rings. The summed E-state index contributed by atoms with van der Waals surface area (Å²) in [6.07, 6.45) is 3.48. The van der Waals surface area contributed by atoms with Crippen LogP contribution in [-0.2, 0) is 16.1 Å². The first-order chi connectivity index (χ1) is 12.2. The molecular weight excluding hydrogens is 342 g/mol. The van der Waals surface area contributed by atoms with Crippen LogP contribution >= 0.6 is 11.3 Å². The molecular formula is C16H17N5O3S. The molecule has 1 aliphatic rings. The number of amides is 1. The molecule has 3 aromatic heterocycles. The van der Waals surface area contributed by atoms with Crippen molar-refractivity contribution in [3.63, 3.8) is 0 Å². The van der Waals surface area contributed by atoms with Gasteiger partial charge < -0.3 is 10.1 Å². The van der Waals surface area contributed by atoms with Crippen LogP contribution in [0.15, 0.2) is 34.7 Å². The van der Waals surface area contributed by atoms with E-state index in [9.17, 15) is 9.59 Å². The van der Waals surface area contributed by atoms with Crippen LogP contribution in [0.1, 0.15) is 12.8 Å². The van der Waals surface area contributed by atoms with Gasteiger partial charge in [-0.05, 0) is 30.4 Å². The van der Waals surface area contributed by atoms with Gasteiger partial charge >= 0.3 is 0 Å². The van der Waals surface area contributed by atoms with Crippen LogP contribution in [0.5, 0.6) is 0 Å². The first-order valence-electron chi connectivity index (χ1n) is 8.08. The summed E-state index contributed by atoms with van der Waals surface area (Å²) in [5.74, 6) is -0.257. The highest BCUT2D eigenvalue weighted by atomic mass is 32.1. The number of hydrogen-bond donors (Lipinski definition) is 1. The van der Waals surface area contributed by atoms with Crippen molar-refractivity contribution in [3.05, 3.63) is 40.3 Å². The van der Waals surface area contributed by atoms with Crippen molar-refractivity contribution in [1.29, 1.82) is 0 Å². The minimum atomic E-state index is -0.343. The Balaban J connectivity index is 1.50. The molecule has 0 bridgehead atoms. The van der Waals surface area contributed by atoms with E-state index in [0.29, 0.717) is 12.1 Å². The SMILES string of the molecule is O=C(Cn1ncn2nc(-c3cccs3)cc2c1=O)NC[C@@H]1CCCO1. The van der Waals surface area contributed by atoms with Crippen molar-refractivity contribution in [2.24, 2.45) is 0 Å². The second kappa shape index (κ2) is 6.77. The summed E-state index contributed by atoms with van der Waals surface area (Å²) >= 11 is 1.55. The Labute approximate surface area is 147 Å². The number of nitrogens with zero attached hydrogens (tertiary/aromatic N) is 4. The van der Waals surface area contributed by atoms with Crippen molar-refractivity contribution >= 4 is 22.8 Å². The Morgan fingerprint density at radius 1 is 1.48 bits per heavy atom. The largest absolute Gasteiger partial charge is 0.376 e. The fourth-order valence-electron chi connectivity index (χ4n) is 2.82. The monoisotopic (exact) mass is 359 g/mol. The first-order valence-corrected chi connectivity index (χ1v) is 8.96. The number of fused-ring (bicyclic) bond motifs is 1. The van der Waals surface area contributed by atoms with Gasteiger partial charge in [-0.15, -0.1) is 11.3 Å². The van der Waals surface area contributed by atoms with Crippen LogP contribution in [0.25, 0.3) is 16.1 Å². The summed E-state index contributed by atoms with van der Waals surface area (Å²) in [5, 5.41) is 13.1. The molecule has 0 unspecified atom stereocenters. The number of rotatable bonds is 5. The fourth-order valence-corrected chi connectivity index (χ4v) is 3.50. The predicted molar refractivity (Wildman–Crippen MR) is 92.5 cm³/mol. The van der Waals surface area contributed by atoms with E-state index >= 15 is 0 Å². The molecule has 25 heavy (non-hydrogen) atoms. The van der Waals surface area contributed by atoms with Crippen molar-refractivity contribution in [2.75, 3.05) is 13.2 Å². The third-order valence-electron chi connectivity index (χ3n) is 4.11. The van der Waals surface area contributed by atoms with Gasteiger partial charge in [0.25, 0.3) is 5.56 Å². The molecule has 9 heteroatoms. The van der Waals surface area contributed by atoms with Gasteiger partial charge in [-0.1, -0.05) is 6.07 Å². The standard InChI is InChI=1S/C16H17N5O3S/c22-15(17-8-11-3-1-5-24-11)9-20-16(23)13-7-12(14-4-2-6-25-14)19-21(13)10-18-20/h2,4,6-7,10-11H,1,3,5,8-9H2,(H,17,22)/t11-/m0/s1. The molecule has 0 aliphatic carbocycles. The maximum absolute atomic E-state index is 12.5. The zero-order valence-electron chi connectivity index (χ0n) is 13.4. The highest BCUT2D eigenvalue weighted by Gasteiger charge is 2.17. The van der Waals surface area contributed by atoms with Gasteiger partial charge in [-0.3, -0.25) is 9.59 Å². The maximum atomic E-state index is 12.5. The molecule has 1 atom stereocenters. The Morgan fingerprint density at radius 3 is 3.16 bits per heavy atom. The third-order valence-corrected chi connectivity index (χ3v) is 5.00.